The maximum Gasteiger partial charge on any atom is 0.264 e. The zero-order valence-corrected chi connectivity index (χ0v) is 17.0. The Morgan fingerprint density at radius 1 is 1.10 bits per heavy atom. The molecule has 0 spiro atoms. The van der Waals surface area contributed by atoms with Crippen molar-refractivity contribution in [1.29, 1.82) is 0 Å². The van der Waals surface area contributed by atoms with Gasteiger partial charge in [0.1, 0.15) is 6.04 Å². The van der Waals surface area contributed by atoms with Crippen LogP contribution < -0.4 is 10.2 Å². The van der Waals surface area contributed by atoms with Gasteiger partial charge in [-0.05, 0) is 37.1 Å². The maximum absolute atomic E-state index is 13.2. The number of nitrogens with zero attached hydrogens (tertiary/aromatic N) is 6. The van der Waals surface area contributed by atoms with E-state index in [0.29, 0.717) is 36.4 Å². The number of imide groups is 2. The highest BCUT2D eigenvalue weighted by Gasteiger charge is 2.46. The van der Waals surface area contributed by atoms with Gasteiger partial charge in [0.25, 0.3) is 11.8 Å². The number of benzene rings is 1. The van der Waals surface area contributed by atoms with Gasteiger partial charge in [0.05, 0.1) is 16.8 Å². The predicted molar refractivity (Wildman–Crippen MR) is 110 cm³/mol. The Morgan fingerprint density at radius 2 is 1.87 bits per heavy atom. The summed E-state index contributed by atoms with van der Waals surface area (Å²) in [5.74, 6) is -1.98. The van der Waals surface area contributed by atoms with E-state index in [9.17, 15) is 19.2 Å². The molecule has 1 N–H and O–H groups in total. The van der Waals surface area contributed by atoms with E-state index < -0.39 is 29.7 Å². The van der Waals surface area contributed by atoms with Gasteiger partial charge in [0.15, 0.2) is 0 Å². The molecule has 0 bridgehead atoms. The van der Waals surface area contributed by atoms with Gasteiger partial charge in [-0.3, -0.25) is 34.3 Å². The second-order valence-electron chi connectivity index (χ2n) is 7.78. The summed E-state index contributed by atoms with van der Waals surface area (Å²) in [4.78, 5) is 58.0. The molecule has 0 radical (unpaired) electrons. The van der Waals surface area contributed by atoms with Crippen LogP contribution in [0, 0.1) is 0 Å². The first-order chi connectivity index (χ1) is 15.0. The van der Waals surface area contributed by atoms with Crippen LogP contribution in [0.25, 0.3) is 10.4 Å². The molecule has 162 valence electrons. The third-order valence-electron chi connectivity index (χ3n) is 5.95. The summed E-state index contributed by atoms with van der Waals surface area (Å²) in [7, 11) is 0. The van der Waals surface area contributed by atoms with Gasteiger partial charge in [0.2, 0.25) is 11.8 Å². The van der Waals surface area contributed by atoms with Crippen molar-refractivity contribution in [3.8, 4) is 0 Å². The van der Waals surface area contributed by atoms with E-state index in [1.54, 1.807) is 12.1 Å². The average molecular weight is 425 g/mol. The number of anilines is 1. The number of azide groups is 1. The Labute approximate surface area is 178 Å². The molecule has 1 aromatic carbocycles. The van der Waals surface area contributed by atoms with E-state index in [2.05, 4.69) is 25.1 Å². The number of piperidine rings is 1. The smallest absolute Gasteiger partial charge is 0.264 e. The van der Waals surface area contributed by atoms with Crippen LogP contribution in [0.5, 0.6) is 0 Å². The van der Waals surface area contributed by atoms with Gasteiger partial charge in [-0.2, -0.15) is 0 Å². The second kappa shape index (κ2) is 8.75. The van der Waals surface area contributed by atoms with E-state index in [4.69, 9.17) is 5.53 Å². The van der Waals surface area contributed by atoms with Crippen molar-refractivity contribution < 1.29 is 19.2 Å². The van der Waals surface area contributed by atoms with Crippen LogP contribution in [0.2, 0.25) is 0 Å². The fourth-order valence-electron chi connectivity index (χ4n) is 4.38. The van der Waals surface area contributed by atoms with E-state index in [1.165, 1.54) is 0 Å². The SMILES string of the molecule is [N-]=[N+]=NCCCN1CCN(c2cccc3c2C(=O)N(C2CCC(=O)NC2=O)C3=O)CC1. The predicted octanol–water partition coefficient (Wildman–Crippen LogP) is 0.910. The molecule has 3 aliphatic rings. The Morgan fingerprint density at radius 3 is 2.58 bits per heavy atom. The minimum absolute atomic E-state index is 0.0955. The third-order valence-corrected chi connectivity index (χ3v) is 5.95. The molecule has 4 amide bonds. The van der Waals surface area contributed by atoms with Crippen LogP contribution in [0.3, 0.4) is 0 Å². The largest absolute Gasteiger partial charge is 0.368 e. The molecule has 0 aliphatic carbocycles. The molecule has 0 saturated carbocycles. The average Bonchev–Trinajstić information content (AvgIpc) is 3.02. The van der Waals surface area contributed by atoms with Crippen molar-refractivity contribution in [1.82, 2.24) is 15.1 Å². The molecule has 31 heavy (non-hydrogen) atoms. The number of piperazine rings is 1. The molecule has 4 rings (SSSR count). The fraction of sp³-hybridized carbons (Fsp3) is 0.500. The van der Waals surface area contributed by atoms with Crippen molar-refractivity contribution in [2.75, 3.05) is 44.2 Å². The monoisotopic (exact) mass is 425 g/mol. The number of carbonyl (C=O) groups excluding carboxylic acids is 4. The Bertz CT molecular complexity index is 980. The first-order valence-corrected chi connectivity index (χ1v) is 10.3. The summed E-state index contributed by atoms with van der Waals surface area (Å²) in [6.07, 6.45) is 1.02. The molecule has 1 unspecified atom stereocenters. The van der Waals surface area contributed by atoms with Crippen molar-refractivity contribution in [2.45, 2.75) is 25.3 Å². The van der Waals surface area contributed by atoms with Gasteiger partial charge in [-0.25, -0.2) is 0 Å². The van der Waals surface area contributed by atoms with E-state index >= 15 is 0 Å². The van der Waals surface area contributed by atoms with Crippen LogP contribution in [0.1, 0.15) is 40.0 Å². The lowest BCUT2D eigenvalue weighted by Gasteiger charge is -2.36. The number of rotatable bonds is 6. The lowest BCUT2D eigenvalue weighted by atomic mass is 10.0. The number of fused-ring (bicyclic) bond motifs is 1. The Kier molecular flexibility index (Phi) is 5.88. The van der Waals surface area contributed by atoms with Crippen LogP contribution in [-0.2, 0) is 9.59 Å². The van der Waals surface area contributed by atoms with Crippen molar-refractivity contribution >= 4 is 29.3 Å². The van der Waals surface area contributed by atoms with Crippen LogP contribution >= 0.6 is 0 Å². The van der Waals surface area contributed by atoms with Gasteiger partial charge in [0, 0.05) is 44.1 Å². The standard InChI is InChI=1S/C20H23N7O4/c21-24-22-7-2-8-25-9-11-26(12-10-25)14-4-1-3-13-17(14)20(31)27(19(13)30)15-5-6-16(28)23-18(15)29/h1,3-4,15H,2,5-12H2,(H,23,28,29). The minimum Gasteiger partial charge on any atom is -0.368 e. The minimum atomic E-state index is -0.967. The fourth-order valence-corrected chi connectivity index (χ4v) is 4.38. The van der Waals surface area contributed by atoms with Crippen molar-refractivity contribution in [3.63, 3.8) is 0 Å². The molecular weight excluding hydrogens is 402 g/mol. The molecule has 1 atom stereocenters. The molecule has 11 heteroatoms. The molecular formula is C20H23N7O4. The van der Waals surface area contributed by atoms with E-state index in [-0.39, 0.29) is 12.8 Å². The summed E-state index contributed by atoms with van der Waals surface area (Å²) >= 11 is 0. The van der Waals surface area contributed by atoms with Crippen LogP contribution in [0.15, 0.2) is 23.3 Å². The highest BCUT2D eigenvalue weighted by molar-refractivity contribution is 6.25. The van der Waals surface area contributed by atoms with Gasteiger partial charge in [-0.15, -0.1) is 0 Å². The summed E-state index contributed by atoms with van der Waals surface area (Å²) in [6, 6.07) is 4.22. The third kappa shape index (κ3) is 3.97. The molecule has 0 aromatic heterocycles. The number of hydrogen-bond donors (Lipinski definition) is 1. The number of carbonyl (C=O) groups is 4. The highest BCUT2D eigenvalue weighted by atomic mass is 16.2. The molecule has 11 nitrogen and oxygen atoms in total. The Hall–Kier alpha value is -3.43. The van der Waals surface area contributed by atoms with Gasteiger partial charge in [-0.1, -0.05) is 11.2 Å². The normalized spacial score (nSPS) is 21.7. The summed E-state index contributed by atoms with van der Waals surface area (Å²) in [5, 5.41) is 5.77. The van der Waals surface area contributed by atoms with E-state index in [1.807, 2.05) is 6.07 Å². The molecule has 1 aromatic rings. The summed E-state index contributed by atoms with van der Waals surface area (Å²) < 4.78 is 0. The molecule has 3 aliphatic heterocycles. The van der Waals surface area contributed by atoms with Crippen LogP contribution in [0.4, 0.5) is 5.69 Å². The lowest BCUT2D eigenvalue weighted by molar-refractivity contribution is -0.136. The lowest BCUT2D eigenvalue weighted by Crippen LogP contribution is -2.54. The highest BCUT2D eigenvalue weighted by Crippen LogP contribution is 2.34. The van der Waals surface area contributed by atoms with Gasteiger partial charge >= 0.3 is 0 Å². The van der Waals surface area contributed by atoms with Crippen molar-refractivity contribution in [3.05, 3.63) is 39.8 Å². The first kappa shape index (κ1) is 20.8. The molecule has 2 saturated heterocycles. The number of nitrogens with one attached hydrogen (secondary N) is 1. The zero-order chi connectivity index (χ0) is 22.0. The Balaban J connectivity index is 1.49. The first-order valence-electron chi connectivity index (χ1n) is 10.3. The second-order valence-corrected chi connectivity index (χ2v) is 7.78. The summed E-state index contributed by atoms with van der Waals surface area (Å²) in [5.41, 5.74) is 9.67. The number of hydrogen-bond acceptors (Lipinski definition) is 7. The molecule has 3 heterocycles. The molecule has 2 fully saturated rings. The quantitative estimate of drug-likeness (QED) is 0.236. The topological polar surface area (TPSA) is 139 Å². The number of amides is 4. The van der Waals surface area contributed by atoms with Crippen LogP contribution in [-0.4, -0.2) is 78.7 Å². The maximum atomic E-state index is 13.2. The summed E-state index contributed by atoms with van der Waals surface area (Å²) in [6.45, 7) is 4.27. The zero-order valence-electron chi connectivity index (χ0n) is 17.0. The van der Waals surface area contributed by atoms with E-state index in [0.717, 1.165) is 31.0 Å². The van der Waals surface area contributed by atoms with Crippen molar-refractivity contribution in [2.24, 2.45) is 5.11 Å². The van der Waals surface area contributed by atoms with Gasteiger partial charge < -0.3 is 4.90 Å².